The van der Waals surface area contributed by atoms with Crippen LogP contribution in [0.15, 0.2) is 92.3 Å². The minimum atomic E-state index is -4.99. The number of nitrogens with zero attached hydrogens (tertiary/aromatic N) is 2. The van der Waals surface area contributed by atoms with E-state index in [4.69, 9.17) is 32.7 Å². The van der Waals surface area contributed by atoms with E-state index in [1.165, 1.54) is 37.3 Å². The van der Waals surface area contributed by atoms with Crippen LogP contribution >= 0.6 is 50.5 Å². The Balaban J connectivity index is 1.59. The van der Waals surface area contributed by atoms with E-state index in [-0.39, 0.29) is 28.1 Å². The molecule has 0 saturated heterocycles. The van der Waals surface area contributed by atoms with Crippen LogP contribution in [0.5, 0.6) is 5.75 Å². The topological polar surface area (TPSA) is 69.9 Å². The van der Waals surface area contributed by atoms with Gasteiger partial charge in [0, 0.05) is 10.0 Å². The number of ether oxygens (including phenoxy) is 2. The van der Waals surface area contributed by atoms with Crippen LogP contribution in [-0.4, -0.2) is 23.3 Å². The molecule has 0 amide bonds. The van der Waals surface area contributed by atoms with Gasteiger partial charge in [0.05, 0.1) is 27.2 Å². The van der Waals surface area contributed by atoms with Crippen molar-refractivity contribution in [3.63, 3.8) is 0 Å². The zero-order valence-electron chi connectivity index (χ0n) is 22.1. The number of thiazole rings is 1. The second kappa shape index (κ2) is 12.7. The third-order valence-electron chi connectivity index (χ3n) is 6.32. The van der Waals surface area contributed by atoms with Gasteiger partial charge in [-0.3, -0.25) is 9.36 Å². The van der Waals surface area contributed by atoms with Crippen LogP contribution < -0.4 is 19.6 Å². The van der Waals surface area contributed by atoms with Crippen LogP contribution in [0.1, 0.15) is 29.7 Å². The number of hydrogen-bond acceptors (Lipinski definition) is 6. The fourth-order valence-corrected chi connectivity index (χ4v) is 6.31. The van der Waals surface area contributed by atoms with Gasteiger partial charge in [-0.2, -0.15) is 13.2 Å². The van der Waals surface area contributed by atoms with Crippen LogP contribution in [0.25, 0.3) is 6.08 Å². The van der Waals surface area contributed by atoms with Gasteiger partial charge in [-0.05, 0) is 82.0 Å². The van der Waals surface area contributed by atoms with E-state index >= 15 is 0 Å². The summed E-state index contributed by atoms with van der Waals surface area (Å²) in [4.78, 5) is 30.2. The van der Waals surface area contributed by atoms with Gasteiger partial charge < -0.3 is 9.47 Å². The lowest BCUT2D eigenvalue weighted by atomic mass is 9.95. The molecule has 1 atom stereocenters. The highest BCUT2D eigenvalue weighted by atomic mass is 79.9. The van der Waals surface area contributed by atoms with E-state index in [0.29, 0.717) is 25.8 Å². The van der Waals surface area contributed by atoms with E-state index in [1.54, 1.807) is 30.3 Å². The van der Waals surface area contributed by atoms with Crippen LogP contribution in [0, 0.1) is 0 Å². The Morgan fingerprint density at radius 2 is 1.84 bits per heavy atom. The highest BCUT2D eigenvalue weighted by Crippen LogP contribution is 2.38. The minimum Gasteiger partial charge on any atom is -0.488 e. The number of alkyl halides is 3. The second-order valence-electron chi connectivity index (χ2n) is 9.22. The molecule has 43 heavy (non-hydrogen) atoms. The van der Waals surface area contributed by atoms with Crippen LogP contribution in [0.3, 0.4) is 0 Å². The van der Waals surface area contributed by atoms with Crippen LogP contribution in [0.4, 0.5) is 13.2 Å². The molecule has 0 radical (unpaired) electrons. The molecule has 13 heteroatoms. The summed E-state index contributed by atoms with van der Waals surface area (Å²) in [5.74, 6) is -0.680. The molecule has 2 heterocycles. The molecule has 3 aromatic carbocycles. The van der Waals surface area contributed by atoms with Crippen LogP contribution in [-0.2, 0) is 16.1 Å². The third kappa shape index (κ3) is 6.75. The van der Waals surface area contributed by atoms with Gasteiger partial charge in [0.15, 0.2) is 10.5 Å². The molecule has 0 fully saturated rings. The normalized spacial score (nSPS) is 15.2. The molecule has 0 unspecified atom stereocenters. The van der Waals surface area contributed by atoms with E-state index in [1.807, 2.05) is 12.1 Å². The molecule has 4 aromatic rings. The Labute approximate surface area is 265 Å². The van der Waals surface area contributed by atoms with Gasteiger partial charge in [-0.15, -0.1) is 0 Å². The molecule has 1 aromatic heterocycles. The smallest absolute Gasteiger partial charge is 0.434 e. The van der Waals surface area contributed by atoms with Gasteiger partial charge in [-0.25, -0.2) is 9.79 Å². The lowest BCUT2D eigenvalue weighted by Gasteiger charge is -2.26. The summed E-state index contributed by atoms with van der Waals surface area (Å²) in [7, 11) is 0. The number of fused-ring (bicyclic) bond motifs is 1. The largest absolute Gasteiger partial charge is 0.488 e. The average Bonchev–Trinajstić information content (AvgIpc) is 3.26. The summed E-state index contributed by atoms with van der Waals surface area (Å²) >= 11 is 16.3. The summed E-state index contributed by atoms with van der Waals surface area (Å²) in [6.45, 7) is 1.58. The first-order valence-electron chi connectivity index (χ1n) is 12.7. The maximum atomic E-state index is 14.3. The monoisotopic (exact) mass is 710 g/mol. The van der Waals surface area contributed by atoms with Crippen molar-refractivity contribution >= 4 is 62.5 Å². The number of halogens is 6. The van der Waals surface area contributed by atoms with Crippen molar-refractivity contribution < 1.29 is 27.4 Å². The molecular formula is C30H20BrCl2F3N2O4S. The quantitative estimate of drug-likeness (QED) is 0.194. The Morgan fingerprint density at radius 1 is 1.09 bits per heavy atom. The van der Waals surface area contributed by atoms with E-state index in [0.717, 1.165) is 21.5 Å². The van der Waals surface area contributed by atoms with Crippen molar-refractivity contribution in [1.29, 1.82) is 0 Å². The summed E-state index contributed by atoms with van der Waals surface area (Å²) in [5.41, 5.74) is -1.12. The highest BCUT2D eigenvalue weighted by molar-refractivity contribution is 9.10. The van der Waals surface area contributed by atoms with Gasteiger partial charge >= 0.3 is 12.1 Å². The molecule has 1 aliphatic rings. The summed E-state index contributed by atoms with van der Waals surface area (Å²) in [5, 5.41) is 0.923. The summed E-state index contributed by atoms with van der Waals surface area (Å²) in [6.07, 6.45) is -3.46. The Kier molecular flexibility index (Phi) is 9.17. The molecule has 5 rings (SSSR count). The maximum absolute atomic E-state index is 14.3. The van der Waals surface area contributed by atoms with Gasteiger partial charge in [0.2, 0.25) is 0 Å². The number of rotatable bonds is 7. The lowest BCUT2D eigenvalue weighted by Crippen LogP contribution is -2.41. The van der Waals surface area contributed by atoms with E-state index in [2.05, 4.69) is 20.9 Å². The van der Waals surface area contributed by atoms with E-state index < -0.39 is 35.0 Å². The molecule has 0 saturated carbocycles. The fourth-order valence-electron chi connectivity index (χ4n) is 4.46. The van der Waals surface area contributed by atoms with Crippen molar-refractivity contribution in [2.24, 2.45) is 4.99 Å². The number of esters is 1. The Hall–Kier alpha value is -3.38. The first-order valence-corrected chi connectivity index (χ1v) is 15.1. The molecule has 222 valence electrons. The molecule has 6 nitrogen and oxygen atoms in total. The maximum Gasteiger partial charge on any atom is 0.434 e. The predicted molar refractivity (Wildman–Crippen MR) is 162 cm³/mol. The predicted octanol–water partition coefficient (Wildman–Crippen LogP) is 6.99. The zero-order chi connectivity index (χ0) is 30.9. The van der Waals surface area contributed by atoms with Crippen molar-refractivity contribution in [2.75, 3.05) is 6.61 Å². The van der Waals surface area contributed by atoms with Crippen molar-refractivity contribution in [2.45, 2.75) is 25.7 Å². The Bertz CT molecular complexity index is 1920. The molecule has 0 N–H and O–H groups in total. The minimum absolute atomic E-state index is 0.115. The van der Waals surface area contributed by atoms with Crippen LogP contribution in [0.2, 0.25) is 10.0 Å². The Morgan fingerprint density at radius 3 is 2.49 bits per heavy atom. The van der Waals surface area contributed by atoms with Crippen molar-refractivity contribution in [3.05, 3.63) is 129 Å². The SMILES string of the molecule is CCOC(=O)C1=C(C(F)(F)F)N=c2s/c(=C\c3ccc(OCc4cccc(Cl)c4)c(Br)c3)c(=O)n2[C@H]1c1ccc(Cl)cc1. The first kappa shape index (κ1) is 31.1. The number of carbonyl (C=O) groups is 1. The summed E-state index contributed by atoms with van der Waals surface area (Å²) < 4.78 is 55.5. The zero-order valence-corrected chi connectivity index (χ0v) is 26.0. The van der Waals surface area contributed by atoms with Crippen molar-refractivity contribution in [1.82, 2.24) is 4.57 Å². The number of carbonyl (C=O) groups excluding carboxylic acids is 1. The lowest BCUT2D eigenvalue weighted by molar-refractivity contribution is -0.140. The first-order chi connectivity index (χ1) is 20.5. The highest BCUT2D eigenvalue weighted by Gasteiger charge is 2.45. The average molecular weight is 712 g/mol. The second-order valence-corrected chi connectivity index (χ2v) is 12.0. The van der Waals surface area contributed by atoms with Crippen molar-refractivity contribution in [3.8, 4) is 5.75 Å². The molecular weight excluding hydrogens is 692 g/mol. The summed E-state index contributed by atoms with van der Waals surface area (Å²) in [6, 6.07) is 16.8. The molecule has 1 aliphatic heterocycles. The van der Waals surface area contributed by atoms with E-state index in [9.17, 15) is 22.8 Å². The number of allylic oxidation sites excluding steroid dienone is 1. The molecule has 0 bridgehead atoms. The van der Waals surface area contributed by atoms with Gasteiger partial charge in [0.25, 0.3) is 5.56 Å². The third-order valence-corrected chi connectivity index (χ3v) is 8.41. The fraction of sp³-hybridized carbons (Fsp3) is 0.167. The number of hydrogen-bond donors (Lipinski definition) is 0. The molecule has 0 spiro atoms. The van der Waals surface area contributed by atoms with Gasteiger partial charge in [-0.1, -0.05) is 64.9 Å². The molecule has 0 aliphatic carbocycles. The number of benzene rings is 3. The standard InChI is InChI=1S/C30H20BrCl2F3N2O4S/c1-2-41-28(40)24-25(18-7-9-19(32)10-8-18)38-27(39)23(43-29(38)37-26(24)30(34,35)36)14-16-6-11-22(21(31)13-16)42-15-17-4-3-5-20(33)12-17/h3-14,25H,2,15H2,1H3/b23-14-/t25-/m0/s1. The van der Waals surface area contributed by atoms with Gasteiger partial charge in [0.1, 0.15) is 12.4 Å². The number of aromatic nitrogens is 1.